The number of aryl methyl sites for hydroxylation is 1. The van der Waals surface area contributed by atoms with E-state index < -0.39 is 0 Å². The highest BCUT2D eigenvalue weighted by molar-refractivity contribution is 8.08. The summed E-state index contributed by atoms with van der Waals surface area (Å²) >= 11 is 3.83. The molecule has 0 saturated heterocycles. The molecule has 0 aliphatic carbocycles. The Kier molecular flexibility index (Phi) is 6.27. The van der Waals surface area contributed by atoms with E-state index in [1.54, 1.807) is 6.20 Å². The summed E-state index contributed by atoms with van der Waals surface area (Å²) < 4.78 is 12.6. The predicted octanol–water partition coefficient (Wildman–Crippen LogP) is 10.4. The Hall–Kier alpha value is -4.13. The molecule has 0 fully saturated rings. The summed E-state index contributed by atoms with van der Waals surface area (Å²) in [7, 11) is 0. The minimum absolute atomic E-state index is 0.0643. The lowest BCUT2D eigenvalue weighted by molar-refractivity contribution is 0.177. The van der Waals surface area contributed by atoms with Gasteiger partial charge in [0, 0.05) is 73.6 Å². The molecule has 4 nitrogen and oxygen atoms in total. The molecule has 0 N–H and O–H groups in total. The fourth-order valence-corrected chi connectivity index (χ4v) is 8.49. The van der Waals surface area contributed by atoms with Crippen LogP contribution in [0.3, 0.4) is 0 Å². The molecule has 2 aromatic carbocycles. The van der Waals surface area contributed by atoms with E-state index in [9.17, 15) is 0 Å². The van der Waals surface area contributed by atoms with Crippen LogP contribution in [-0.4, -0.2) is 15.7 Å². The van der Waals surface area contributed by atoms with Crippen molar-refractivity contribution in [3.05, 3.63) is 113 Å². The standard InChI is InChI=1S/C36H28N2O2S2/c1-21-13-33(41-20-21)34-17-28(36(42-34)30-6-4-12-39-30)26-14-22(2)35-27-9-7-23(15-31(27)40-32(35)16-26)29-10-8-25(19-38-29)24-5-3-11-37-18-24/h3-5,7-19,21,30H,6,20H2,1-2H3. The lowest BCUT2D eigenvalue weighted by Crippen LogP contribution is -1.94. The highest BCUT2D eigenvalue weighted by Gasteiger charge is 2.26. The van der Waals surface area contributed by atoms with Crippen LogP contribution in [0.4, 0.5) is 0 Å². The lowest BCUT2D eigenvalue weighted by Gasteiger charge is -2.12. The van der Waals surface area contributed by atoms with Gasteiger partial charge in [-0.05, 0) is 66.4 Å². The molecule has 206 valence electrons. The van der Waals surface area contributed by atoms with Gasteiger partial charge in [0.2, 0.25) is 0 Å². The van der Waals surface area contributed by atoms with Crippen LogP contribution in [0.2, 0.25) is 0 Å². The Labute approximate surface area is 252 Å². The van der Waals surface area contributed by atoms with Gasteiger partial charge in [-0.1, -0.05) is 37.3 Å². The van der Waals surface area contributed by atoms with Gasteiger partial charge in [0.25, 0.3) is 0 Å². The molecular weight excluding hydrogens is 557 g/mol. The van der Waals surface area contributed by atoms with Gasteiger partial charge in [-0.3, -0.25) is 9.97 Å². The monoisotopic (exact) mass is 584 g/mol. The number of hydrogen-bond acceptors (Lipinski definition) is 6. The summed E-state index contributed by atoms with van der Waals surface area (Å²) in [6.07, 6.45) is 12.9. The highest BCUT2D eigenvalue weighted by Crippen LogP contribution is 2.48. The largest absolute Gasteiger partial charge is 0.492 e. The first-order valence-electron chi connectivity index (χ1n) is 14.2. The van der Waals surface area contributed by atoms with E-state index in [0.29, 0.717) is 5.92 Å². The Balaban J connectivity index is 1.19. The first kappa shape index (κ1) is 25.6. The Morgan fingerprint density at radius 2 is 1.79 bits per heavy atom. The maximum Gasteiger partial charge on any atom is 0.136 e. The molecule has 0 saturated carbocycles. The highest BCUT2D eigenvalue weighted by atomic mass is 32.2. The second kappa shape index (κ2) is 10.3. The van der Waals surface area contributed by atoms with Crippen LogP contribution >= 0.6 is 23.1 Å². The molecule has 0 spiro atoms. The van der Waals surface area contributed by atoms with Crippen molar-refractivity contribution in [2.24, 2.45) is 5.92 Å². The number of pyridine rings is 2. The number of nitrogens with zero attached hydrogens (tertiary/aromatic N) is 2. The van der Waals surface area contributed by atoms with Gasteiger partial charge in [-0.15, -0.1) is 23.1 Å². The normalized spacial score (nSPS) is 18.2. The summed E-state index contributed by atoms with van der Waals surface area (Å²) in [6.45, 7) is 4.47. The van der Waals surface area contributed by atoms with Crippen LogP contribution in [0, 0.1) is 12.8 Å². The molecule has 0 radical (unpaired) electrons. The van der Waals surface area contributed by atoms with E-state index in [0.717, 1.165) is 51.1 Å². The van der Waals surface area contributed by atoms with Crippen LogP contribution in [0.15, 0.2) is 102 Å². The average molecular weight is 585 g/mol. The van der Waals surface area contributed by atoms with Gasteiger partial charge in [-0.25, -0.2) is 0 Å². The number of aromatic nitrogens is 2. The van der Waals surface area contributed by atoms with Crippen LogP contribution in [0.1, 0.15) is 34.8 Å². The van der Waals surface area contributed by atoms with Crippen molar-refractivity contribution in [3.63, 3.8) is 0 Å². The van der Waals surface area contributed by atoms with E-state index in [1.165, 1.54) is 36.7 Å². The fourth-order valence-electron chi connectivity index (χ4n) is 5.97. The molecule has 6 aromatic rings. The molecular formula is C36H28N2O2S2. The summed E-state index contributed by atoms with van der Waals surface area (Å²) in [5.41, 5.74) is 9.46. The van der Waals surface area contributed by atoms with Crippen LogP contribution in [0.5, 0.6) is 0 Å². The first-order chi connectivity index (χ1) is 20.6. The minimum Gasteiger partial charge on any atom is -0.492 e. The van der Waals surface area contributed by atoms with Crippen LogP contribution < -0.4 is 0 Å². The molecule has 0 bridgehead atoms. The molecule has 42 heavy (non-hydrogen) atoms. The van der Waals surface area contributed by atoms with Gasteiger partial charge in [-0.2, -0.15) is 0 Å². The summed E-state index contributed by atoms with van der Waals surface area (Å²) in [5.74, 6) is 1.76. The van der Waals surface area contributed by atoms with E-state index in [4.69, 9.17) is 14.1 Å². The maximum absolute atomic E-state index is 6.54. The number of ether oxygens (including phenoxy) is 1. The van der Waals surface area contributed by atoms with Gasteiger partial charge in [0.15, 0.2) is 0 Å². The van der Waals surface area contributed by atoms with Crippen molar-refractivity contribution in [2.45, 2.75) is 26.4 Å². The molecule has 0 amide bonds. The van der Waals surface area contributed by atoms with Crippen molar-refractivity contribution in [1.82, 2.24) is 9.97 Å². The average Bonchev–Trinajstić information content (AvgIpc) is 3.83. The third-order valence-corrected chi connectivity index (χ3v) is 10.8. The van der Waals surface area contributed by atoms with Gasteiger partial charge < -0.3 is 9.15 Å². The summed E-state index contributed by atoms with van der Waals surface area (Å²) in [6, 6.07) is 21.4. The van der Waals surface area contributed by atoms with E-state index in [1.807, 2.05) is 53.9 Å². The summed E-state index contributed by atoms with van der Waals surface area (Å²) in [5, 5.41) is 2.29. The molecule has 8 rings (SSSR count). The van der Waals surface area contributed by atoms with Gasteiger partial charge in [0.05, 0.1) is 16.8 Å². The molecule has 4 aromatic heterocycles. The number of hydrogen-bond donors (Lipinski definition) is 0. The second-order valence-corrected chi connectivity index (χ2v) is 13.2. The van der Waals surface area contributed by atoms with Gasteiger partial charge in [0.1, 0.15) is 17.3 Å². The van der Waals surface area contributed by atoms with E-state index in [-0.39, 0.29) is 6.10 Å². The number of fused-ring (bicyclic) bond motifs is 3. The molecule has 2 unspecified atom stereocenters. The minimum atomic E-state index is 0.0643. The van der Waals surface area contributed by atoms with Crippen molar-refractivity contribution < 1.29 is 9.15 Å². The smallest absolute Gasteiger partial charge is 0.136 e. The molecule has 2 aliphatic rings. The summed E-state index contributed by atoms with van der Waals surface area (Å²) in [4.78, 5) is 13.0. The topological polar surface area (TPSA) is 48.2 Å². The third-order valence-electron chi connectivity index (χ3n) is 8.06. The zero-order valence-corrected chi connectivity index (χ0v) is 25.0. The molecule has 2 atom stereocenters. The Morgan fingerprint density at radius 1 is 0.905 bits per heavy atom. The molecule has 2 aliphatic heterocycles. The molecule has 6 heteroatoms. The van der Waals surface area contributed by atoms with Crippen LogP contribution in [0.25, 0.3) is 60.4 Å². The maximum atomic E-state index is 6.54. The molecule has 6 heterocycles. The first-order valence-corrected chi connectivity index (χ1v) is 16.0. The number of furan rings is 1. The number of benzene rings is 2. The number of allylic oxidation sites excluding steroid dienone is 1. The lowest BCUT2D eigenvalue weighted by atomic mass is 9.97. The number of thioether (sulfide) groups is 1. The zero-order chi connectivity index (χ0) is 28.2. The quantitative estimate of drug-likeness (QED) is 0.202. The van der Waals surface area contributed by atoms with Crippen LogP contribution in [-0.2, 0) is 4.74 Å². The Bertz CT molecular complexity index is 2010. The number of rotatable bonds is 5. The second-order valence-electron chi connectivity index (χ2n) is 11.1. The fraction of sp³-hybridized carbons (Fsp3) is 0.167. The van der Waals surface area contributed by atoms with Crippen molar-refractivity contribution >= 4 is 49.9 Å². The number of thiophene rings is 1. The van der Waals surface area contributed by atoms with Crippen molar-refractivity contribution in [2.75, 3.05) is 5.75 Å². The van der Waals surface area contributed by atoms with Crippen molar-refractivity contribution in [3.8, 4) is 33.5 Å². The third kappa shape index (κ3) is 4.46. The van der Waals surface area contributed by atoms with Gasteiger partial charge >= 0.3 is 0 Å². The van der Waals surface area contributed by atoms with E-state index >= 15 is 0 Å². The zero-order valence-electron chi connectivity index (χ0n) is 23.3. The Morgan fingerprint density at radius 3 is 2.55 bits per heavy atom. The SMILES string of the molecule is Cc1cc(-c2cc(C3=CC(C)CS3)sc2C2CC=CO2)cc2oc3cc(-c4ccc(-c5cccnc5)cn4)ccc3c12. The predicted molar refractivity (Wildman–Crippen MR) is 175 cm³/mol. The van der Waals surface area contributed by atoms with Crippen molar-refractivity contribution in [1.29, 1.82) is 0 Å². The van der Waals surface area contributed by atoms with E-state index in [2.05, 4.69) is 79.5 Å².